The average Bonchev–Trinajstić information content (AvgIpc) is 2.80. The summed E-state index contributed by atoms with van der Waals surface area (Å²) in [6.45, 7) is 2.46. The van der Waals surface area contributed by atoms with Crippen LogP contribution in [0.15, 0.2) is 30.3 Å². The predicted octanol–water partition coefficient (Wildman–Crippen LogP) is 1.63. The van der Waals surface area contributed by atoms with E-state index in [4.69, 9.17) is 16.3 Å². The van der Waals surface area contributed by atoms with E-state index in [1.165, 1.54) is 7.11 Å². The van der Waals surface area contributed by atoms with Gasteiger partial charge in [0.25, 0.3) is 5.91 Å². The van der Waals surface area contributed by atoms with E-state index in [0.717, 1.165) is 5.56 Å². The van der Waals surface area contributed by atoms with E-state index >= 15 is 0 Å². The quantitative estimate of drug-likeness (QED) is 0.805. The minimum Gasteiger partial charge on any atom is -0.389 e. The monoisotopic (exact) mass is 337 g/mol. The molecule has 0 saturated heterocycles. The number of nitrogens with zero attached hydrogens (tertiary/aromatic N) is 2. The highest BCUT2D eigenvalue weighted by atomic mass is 35.5. The Hall–Kier alpha value is -1.89. The number of carbonyl (C=O) groups is 1. The smallest absolute Gasteiger partial charge is 0.256 e. The van der Waals surface area contributed by atoms with Crippen molar-refractivity contribution in [1.82, 2.24) is 15.1 Å². The Morgan fingerprint density at radius 1 is 1.43 bits per heavy atom. The van der Waals surface area contributed by atoms with E-state index in [1.54, 1.807) is 11.6 Å². The van der Waals surface area contributed by atoms with E-state index < -0.39 is 6.10 Å². The average molecular weight is 338 g/mol. The summed E-state index contributed by atoms with van der Waals surface area (Å²) in [7, 11) is 1.49. The van der Waals surface area contributed by atoms with Gasteiger partial charge >= 0.3 is 0 Å². The highest BCUT2D eigenvalue weighted by Crippen LogP contribution is 2.20. The number of benzene rings is 1. The molecular formula is C16H20ClN3O3. The molecule has 0 aliphatic carbocycles. The number of carbonyl (C=O) groups excluding carboxylic acids is 1. The van der Waals surface area contributed by atoms with Gasteiger partial charge in [0.05, 0.1) is 30.5 Å². The lowest BCUT2D eigenvalue weighted by Crippen LogP contribution is -2.34. The van der Waals surface area contributed by atoms with Crippen LogP contribution in [0.1, 0.15) is 21.6 Å². The van der Waals surface area contributed by atoms with Gasteiger partial charge < -0.3 is 15.2 Å². The molecule has 124 valence electrons. The number of aromatic nitrogens is 2. The van der Waals surface area contributed by atoms with Crippen LogP contribution < -0.4 is 5.32 Å². The molecular weight excluding hydrogens is 318 g/mol. The Morgan fingerprint density at radius 2 is 2.13 bits per heavy atom. The van der Waals surface area contributed by atoms with Gasteiger partial charge in [-0.3, -0.25) is 4.79 Å². The molecule has 0 aliphatic rings. The van der Waals surface area contributed by atoms with Crippen LogP contribution in [0.5, 0.6) is 0 Å². The molecule has 1 aromatic carbocycles. The molecule has 1 aromatic heterocycles. The van der Waals surface area contributed by atoms with Crippen LogP contribution in [0.3, 0.4) is 0 Å². The zero-order chi connectivity index (χ0) is 16.8. The first kappa shape index (κ1) is 17.5. The van der Waals surface area contributed by atoms with Crippen molar-refractivity contribution in [2.24, 2.45) is 0 Å². The second-order valence-electron chi connectivity index (χ2n) is 5.21. The zero-order valence-electron chi connectivity index (χ0n) is 13.1. The van der Waals surface area contributed by atoms with Gasteiger partial charge in [0.15, 0.2) is 0 Å². The number of aliphatic hydroxyl groups is 1. The Balaban J connectivity index is 2.09. The van der Waals surface area contributed by atoms with Crippen LogP contribution in [0.2, 0.25) is 5.15 Å². The van der Waals surface area contributed by atoms with E-state index in [-0.39, 0.29) is 24.2 Å². The fourth-order valence-corrected chi connectivity index (χ4v) is 2.54. The molecule has 0 bridgehead atoms. The van der Waals surface area contributed by atoms with Crippen LogP contribution in [-0.2, 0) is 11.3 Å². The fraction of sp³-hybridized carbons (Fsp3) is 0.375. The number of hydrogen-bond donors (Lipinski definition) is 2. The number of aliphatic hydroxyl groups excluding tert-OH is 1. The minimum absolute atomic E-state index is 0.0896. The summed E-state index contributed by atoms with van der Waals surface area (Å²) in [5.41, 5.74) is 1.91. The summed E-state index contributed by atoms with van der Waals surface area (Å²) in [5.74, 6) is -0.359. The predicted molar refractivity (Wildman–Crippen MR) is 87.7 cm³/mol. The number of methoxy groups -OCH3 is 1. The van der Waals surface area contributed by atoms with Crippen molar-refractivity contribution >= 4 is 17.5 Å². The molecule has 0 aliphatic heterocycles. The molecule has 1 heterocycles. The molecule has 1 unspecified atom stereocenters. The van der Waals surface area contributed by atoms with Gasteiger partial charge in [-0.05, 0) is 12.5 Å². The maximum Gasteiger partial charge on any atom is 0.256 e. The molecule has 1 atom stereocenters. The van der Waals surface area contributed by atoms with Gasteiger partial charge in [-0.15, -0.1) is 0 Å². The van der Waals surface area contributed by atoms with Gasteiger partial charge in [-0.1, -0.05) is 41.9 Å². The minimum atomic E-state index is -0.762. The molecule has 23 heavy (non-hydrogen) atoms. The summed E-state index contributed by atoms with van der Waals surface area (Å²) >= 11 is 6.30. The summed E-state index contributed by atoms with van der Waals surface area (Å²) in [5, 5.41) is 16.8. The van der Waals surface area contributed by atoms with Crippen molar-refractivity contribution in [1.29, 1.82) is 0 Å². The number of hydrogen-bond acceptors (Lipinski definition) is 4. The van der Waals surface area contributed by atoms with Crippen molar-refractivity contribution in [2.45, 2.75) is 19.6 Å². The summed E-state index contributed by atoms with van der Waals surface area (Å²) in [6.07, 6.45) is -0.762. The lowest BCUT2D eigenvalue weighted by molar-refractivity contribution is 0.0609. The topological polar surface area (TPSA) is 76.4 Å². The first-order chi connectivity index (χ1) is 11.0. The first-order valence-electron chi connectivity index (χ1n) is 7.25. The highest BCUT2D eigenvalue weighted by molar-refractivity contribution is 6.33. The Morgan fingerprint density at radius 3 is 2.78 bits per heavy atom. The van der Waals surface area contributed by atoms with E-state index in [2.05, 4.69) is 10.4 Å². The van der Waals surface area contributed by atoms with Crippen LogP contribution in [-0.4, -0.2) is 47.2 Å². The zero-order valence-corrected chi connectivity index (χ0v) is 13.9. The molecule has 0 spiro atoms. The molecule has 7 heteroatoms. The molecule has 6 nitrogen and oxygen atoms in total. The van der Waals surface area contributed by atoms with Gasteiger partial charge in [0.2, 0.25) is 0 Å². The van der Waals surface area contributed by atoms with E-state index in [9.17, 15) is 9.90 Å². The molecule has 2 rings (SSSR count). The number of ether oxygens (including phenoxy) is 1. The largest absolute Gasteiger partial charge is 0.389 e. The molecule has 1 amide bonds. The molecule has 0 fully saturated rings. The first-order valence-corrected chi connectivity index (χ1v) is 7.62. The van der Waals surface area contributed by atoms with Crippen molar-refractivity contribution in [3.8, 4) is 0 Å². The van der Waals surface area contributed by atoms with Crippen LogP contribution in [0.4, 0.5) is 0 Å². The number of nitrogens with one attached hydrogen (secondary N) is 1. The Labute approximate surface area is 140 Å². The molecule has 0 radical (unpaired) electrons. The third kappa shape index (κ3) is 4.54. The molecule has 2 aromatic rings. The summed E-state index contributed by atoms with van der Waals surface area (Å²) in [4.78, 5) is 12.3. The van der Waals surface area contributed by atoms with Crippen molar-refractivity contribution < 1.29 is 14.6 Å². The lowest BCUT2D eigenvalue weighted by Gasteiger charge is -2.10. The highest BCUT2D eigenvalue weighted by Gasteiger charge is 2.20. The van der Waals surface area contributed by atoms with Crippen molar-refractivity contribution in [2.75, 3.05) is 20.3 Å². The number of amides is 1. The second-order valence-corrected chi connectivity index (χ2v) is 5.57. The standard InChI is InChI=1S/C16H20ClN3O3/c1-11-14(16(22)18-8-13(21)10-23-2)15(17)20(19-11)9-12-6-4-3-5-7-12/h3-7,13,21H,8-10H2,1-2H3,(H,18,22). The van der Waals surface area contributed by atoms with Crippen LogP contribution >= 0.6 is 11.6 Å². The SMILES string of the molecule is COCC(O)CNC(=O)c1c(C)nn(Cc2ccccc2)c1Cl. The van der Waals surface area contributed by atoms with Gasteiger partial charge in [-0.2, -0.15) is 5.10 Å². The Kier molecular flexibility index (Phi) is 6.15. The molecule has 0 saturated carbocycles. The van der Waals surface area contributed by atoms with Crippen molar-refractivity contribution in [3.05, 3.63) is 52.3 Å². The number of aryl methyl sites for hydroxylation is 1. The summed E-state index contributed by atoms with van der Waals surface area (Å²) in [6, 6.07) is 9.74. The van der Waals surface area contributed by atoms with E-state index in [0.29, 0.717) is 17.8 Å². The number of halogens is 1. The summed E-state index contributed by atoms with van der Waals surface area (Å²) < 4.78 is 6.41. The van der Waals surface area contributed by atoms with Gasteiger partial charge in [-0.25, -0.2) is 4.68 Å². The van der Waals surface area contributed by atoms with E-state index in [1.807, 2.05) is 30.3 Å². The third-order valence-electron chi connectivity index (χ3n) is 3.32. The van der Waals surface area contributed by atoms with Gasteiger partial charge in [0.1, 0.15) is 5.15 Å². The normalized spacial score (nSPS) is 12.2. The fourth-order valence-electron chi connectivity index (χ4n) is 2.22. The third-order valence-corrected chi connectivity index (χ3v) is 3.71. The maximum atomic E-state index is 12.3. The second kappa shape index (κ2) is 8.10. The van der Waals surface area contributed by atoms with Gasteiger partial charge in [0, 0.05) is 13.7 Å². The Bertz CT molecular complexity index is 658. The number of rotatable bonds is 7. The lowest BCUT2D eigenvalue weighted by atomic mass is 10.2. The van der Waals surface area contributed by atoms with Crippen LogP contribution in [0, 0.1) is 6.92 Å². The van der Waals surface area contributed by atoms with Crippen molar-refractivity contribution in [3.63, 3.8) is 0 Å². The maximum absolute atomic E-state index is 12.3. The molecule has 2 N–H and O–H groups in total. The van der Waals surface area contributed by atoms with Crippen LogP contribution in [0.25, 0.3) is 0 Å².